The maximum Gasteiger partial charge on any atom is 0.0850 e. The SMILES string of the molecule is CC(N)C1CN(C(C)C2(C)CC2)CCO1. The number of nitrogens with zero attached hydrogens (tertiary/aromatic N) is 1. The van der Waals surface area contributed by atoms with Crippen molar-refractivity contribution in [1.29, 1.82) is 0 Å². The average Bonchev–Trinajstić information content (AvgIpc) is 2.97. The highest BCUT2D eigenvalue weighted by molar-refractivity contribution is 4.98. The quantitative estimate of drug-likeness (QED) is 0.764. The van der Waals surface area contributed by atoms with E-state index >= 15 is 0 Å². The van der Waals surface area contributed by atoms with Crippen LogP contribution in [0.15, 0.2) is 0 Å². The molecule has 1 saturated carbocycles. The molecule has 0 spiro atoms. The molecule has 2 N–H and O–H groups in total. The van der Waals surface area contributed by atoms with Crippen molar-refractivity contribution >= 4 is 0 Å². The van der Waals surface area contributed by atoms with Crippen LogP contribution >= 0.6 is 0 Å². The van der Waals surface area contributed by atoms with Crippen LogP contribution in [0.2, 0.25) is 0 Å². The Labute approximate surface area is 93.0 Å². The molecule has 2 aliphatic rings. The van der Waals surface area contributed by atoms with Gasteiger partial charge in [-0.3, -0.25) is 4.90 Å². The normalized spacial score (nSPS) is 34.8. The number of nitrogens with two attached hydrogens (primary N) is 1. The molecule has 0 bridgehead atoms. The fourth-order valence-corrected chi connectivity index (χ4v) is 2.42. The summed E-state index contributed by atoms with van der Waals surface area (Å²) in [7, 11) is 0. The minimum Gasteiger partial charge on any atom is -0.374 e. The molecular formula is C12H24N2O. The maximum atomic E-state index is 5.90. The van der Waals surface area contributed by atoms with Crippen LogP contribution in [0.25, 0.3) is 0 Å². The number of hydrogen-bond donors (Lipinski definition) is 1. The van der Waals surface area contributed by atoms with Crippen LogP contribution in [0.3, 0.4) is 0 Å². The Kier molecular flexibility index (Phi) is 3.06. The summed E-state index contributed by atoms with van der Waals surface area (Å²) in [6.07, 6.45) is 2.99. The average molecular weight is 212 g/mol. The van der Waals surface area contributed by atoms with Crippen molar-refractivity contribution in [1.82, 2.24) is 4.90 Å². The summed E-state index contributed by atoms with van der Waals surface area (Å²) < 4.78 is 5.69. The van der Waals surface area contributed by atoms with Gasteiger partial charge in [0.25, 0.3) is 0 Å². The summed E-state index contributed by atoms with van der Waals surface area (Å²) in [5, 5.41) is 0. The van der Waals surface area contributed by atoms with Gasteiger partial charge in [-0.05, 0) is 32.1 Å². The summed E-state index contributed by atoms with van der Waals surface area (Å²) in [6.45, 7) is 9.71. The predicted molar refractivity (Wildman–Crippen MR) is 61.8 cm³/mol. The van der Waals surface area contributed by atoms with E-state index in [1.165, 1.54) is 12.8 Å². The molecule has 0 radical (unpaired) electrons. The second kappa shape index (κ2) is 4.04. The lowest BCUT2D eigenvalue weighted by molar-refractivity contribution is -0.0578. The smallest absolute Gasteiger partial charge is 0.0850 e. The van der Waals surface area contributed by atoms with E-state index in [-0.39, 0.29) is 12.1 Å². The van der Waals surface area contributed by atoms with Gasteiger partial charge in [0.2, 0.25) is 0 Å². The third kappa shape index (κ3) is 2.35. The second-order valence-corrected chi connectivity index (χ2v) is 5.59. The molecule has 1 aliphatic heterocycles. The Bertz CT molecular complexity index is 226. The molecule has 1 saturated heterocycles. The highest BCUT2D eigenvalue weighted by atomic mass is 16.5. The number of rotatable bonds is 3. The summed E-state index contributed by atoms with van der Waals surface area (Å²) in [5.74, 6) is 0. The van der Waals surface area contributed by atoms with Crippen molar-refractivity contribution in [3.05, 3.63) is 0 Å². The van der Waals surface area contributed by atoms with Gasteiger partial charge in [0.15, 0.2) is 0 Å². The zero-order chi connectivity index (χ0) is 11.1. The highest BCUT2D eigenvalue weighted by Crippen LogP contribution is 2.49. The van der Waals surface area contributed by atoms with Crippen molar-refractivity contribution in [3.63, 3.8) is 0 Å². The first-order valence-corrected chi connectivity index (χ1v) is 6.14. The van der Waals surface area contributed by atoms with E-state index in [1.54, 1.807) is 0 Å². The molecule has 15 heavy (non-hydrogen) atoms. The summed E-state index contributed by atoms with van der Waals surface area (Å²) >= 11 is 0. The molecule has 88 valence electrons. The highest BCUT2D eigenvalue weighted by Gasteiger charge is 2.45. The van der Waals surface area contributed by atoms with Crippen LogP contribution in [0.1, 0.15) is 33.6 Å². The summed E-state index contributed by atoms with van der Waals surface area (Å²) in [4.78, 5) is 2.56. The van der Waals surface area contributed by atoms with Crippen molar-refractivity contribution in [3.8, 4) is 0 Å². The Balaban J connectivity index is 1.92. The molecule has 0 amide bonds. The van der Waals surface area contributed by atoms with E-state index < -0.39 is 0 Å². The van der Waals surface area contributed by atoms with Crippen molar-refractivity contribution < 1.29 is 4.74 Å². The largest absolute Gasteiger partial charge is 0.374 e. The van der Waals surface area contributed by atoms with Crippen LogP contribution in [0, 0.1) is 5.41 Å². The molecule has 0 aromatic heterocycles. The molecule has 3 heteroatoms. The van der Waals surface area contributed by atoms with Gasteiger partial charge in [0, 0.05) is 25.2 Å². The fourth-order valence-electron chi connectivity index (χ4n) is 2.42. The Morgan fingerprint density at radius 3 is 2.60 bits per heavy atom. The van der Waals surface area contributed by atoms with Crippen LogP contribution in [0.4, 0.5) is 0 Å². The monoisotopic (exact) mass is 212 g/mol. The van der Waals surface area contributed by atoms with Gasteiger partial charge in [0.1, 0.15) is 0 Å². The zero-order valence-corrected chi connectivity index (χ0v) is 10.2. The molecule has 3 unspecified atom stereocenters. The standard InChI is InChI=1S/C12H24N2O/c1-9(13)11-8-14(6-7-15-11)10(2)12(3)4-5-12/h9-11H,4-8,13H2,1-3H3. The van der Waals surface area contributed by atoms with E-state index in [0.29, 0.717) is 11.5 Å². The second-order valence-electron chi connectivity index (χ2n) is 5.59. The molecule has 2 rings (SSSR count). The van der Waals surface area contributed by atoms with Crippen molar-refractivity contribution in [2.45, 2.75) is 51.8 Å². The van der Waals surface area contributed by atoms with Crippen LogP contribution in [-0.2, 0) is 4.74 Å². The van der Waals surface area contributed by atoms with Gasteiger partial charge < -0.3 is 10.5 Å². The molecule has 2 fully saturated rings. The first-order chi connectivity index (χ1) is 7.03. The minimum atomic E-state index is 0.145. The van der Waals surface area contributed by atoms with E-state index in [9.17, 15) is 0 Å². The van der Waals surface area contributed by atoms with Gasteiger partial charge in [-0.2, -0.15) is 0 Å². The van der Waals surface area contributed by atoms with Gasteiger partial charge in [0.05, 0.1) is 12.7 Å². The molecular weight excluding hydrogens is 188 g/mol. The zero-order valence-electron chi connectivity index (χ0n) is 10.2. The lowest BCUT2D eigenvalue weighted by Crippen LogP contribution is -2.53. The van der Waals surface area contributed by atoms with E-state index in [2.05, 4.69) is 18.7 Å². The Morgan fingerprint density at radius 1 is 1.40 bits per heavy atom. The van der Waals surface area contributed by atoms with Crippen LogP contribution in [0.5, 0.6) is 0 Å². The minimum absolute atomic E-state index is 0.145. The fraction of sp³-hybridized carbons (Fsp3) is 1.00. The van der Waals surface area contributed by atoms with Gasteiger partial charge in [-0.25, -0.2) is 0 Å². The first-order valence-electron chi connectivity index (χ1n) is 6.14. The number of morpholine rings is 1. The van der Waals surface area contributed by atoms with E-state index in [1.807, 2.05) is 6.92 Å². The molecule has 1 aliphatic carbocycles. The molecule has 3 nitrogen and oxygen atoms in total. The van der Waals surface area contributed by atoms with Crippen molar-refractivity contribution in [2.75, 3.05) is 19.7 Å². The third-order valence-corrected chi connectivity index (χ3v) is 4.31. The Morgan fingerprint density at radius 2 is 2.07 bits per heavy atom. The van der Waals surface area contributed by atoms with E-state index in [4.69, 9.17) is 10.5 Å². The van der Waals surface area contributed by atoms with Crippen molar-refractivity contribution in [2.24, 2.45) is 11.1 Å². The first kappa shape index (κ1) is 11.4. The summed E-state index contributed by atoms with van der Waals surface area (Å²) in [6, 6.07) is 0.828. The molecule has 1 heterocycles. The van der Waals surface area contributed by atoms with Gasteiger partial charge >= 0.3 is 0 Å². The number of ether oxygens (including phenoxy) is 1. The molecule has 0 aromatic carbocycles. The van der Waals surface area contributed by atoms with Gasteiger partial charge in [-0.1, -0.05) is 6.92 Å². The molecule has 3 atom stereocenters. The lowest BCUT2D eigenvalue weighted by Gasteiger charge is -2.40. The maximum absolute atomic E-state index is 5.90. The molecule has 0 aromatic rings. The lowest BCUT2D eigenvalue weighted by atomic mass is 9.97. The summed E-state index contributed by atoms with van der Waals surface area (Å²) in [5.41, 5.74) is 6.47. The topological polar surface area (TPSA) is 38.5 Å². The number of hydrogen-bond acceptors (Lipinski definition) is 3. The van der Waals surface area contributed by atoms with Crippen LogP contribution in [-0.4, -0.2) is 42.8 Å². The Hall–Kier alpha value is -0.120. The van der Waals surface area contributed by atoms with Crippen LogP contribution < -0.4 is 5.73 Å². The van der Waals surface area contributed by atoms with E-state index in [0.717, 1.165) is 19.7 Å². The third-order valence-electron chi connectivity index (χ3n) is 4.31. The van der Waals surface area contributed by atoms with Gasteiger partial charge in [-0.15, -0.1) is 0 Å². The predicted octanol–water partition coefficient (Wildman–Crippen LogP) is 1.22.